The lowest BCUT2D eigenvalue weighted by Gasteiger charge is -2.48. The van der Waals surface area contributed by atoms with E-state index in [9.17, 15) is 19.5 Å². The molecule has 0 spiro atoms. The summed E-state index contributed by atoms with van der Waals surface area (Å²) in [7, 11) is 1.28. The largest absolute Gasteiger partial charge is 0.477 e. The number of hydrogen-bond acceptors (Lipinski definition) is 8. The van der Waals surface area contributed by atoms with Crippen molar-refractivity contribution < 1.29 is 24.3 Å². The summed E-state index contributed by atoms with van der Waals surface area (Å²) >= 11 is 4.38. The third kappa shape index (κ3) is 3.05. The second-order valence-corrected chi connectivity index (χ2v) is 7.84. The zero-order valence-corrected chi connectivity index (χ0v) is 15.8. The lowest BCUT2D eigenvalue weighted by atomic mass is 9.86. The molecular formula is C14H14BrN5O5S. The minimum Gasteiger partial charge on any atom is -0.477 e. The highest BCUT2D eigenvalue weighted by atomic mass is 79.9. The zero-order chi connectivity index (χ0) is 19.0. The average Bonchev–Trinajstić information content (AvgIpc) is 2.94. The molecule has 2 aliphatic heterocycles. The van der Waals surface area contributed by atoms with Gasteiger partial charge >= 0.3 is 5.97 Å². The number of carbonyl (C=O) groups excluding carboxylic acids is 2. The maximum atomic E-state index is 12.6. The Morgan fingerprint density at radius 3 is 2.88 bits per heavy atom. The smallest absolute Gasteiger partial charge is 0.352 e. The van der Waals surface area contributed by atoms with Gasteiger partial charge in [-0.15, -0.1) is 0 Å². The molecule has 0 bridgehead atoms. The summed E-state index contributed by atoms with van der Waals surface area (Å²) in [5.74, 6) is -2.32. The van der Waals surface area contributed by atoms with E-state index in [0.717, 1.165) is 11.3 Å². The zero-order valence-electron chi connectivity index (χ0n) is 13.4. The maximum Gasteiger partial charge on any atom is 0.352 e. The van der Waals surface area contributed by atoms with Crippen LogP contribution >= 0.6 is 27.3 Å². The first-order valence-corrected chi connectivity index (χ1v) is 9.06. The van der Waals surface area contributed by atoms with E-state index >= 15 is 0 Å². The van der Waals surface area contributed by atoms with Crippen molar-refractivity contribution in [3.05, 3.63) is 21.3 Å². The van der Waals surface area contributed by atoms with Crippen LogP contribution in [0.5, 0.6) is 0 Å². The molecule has 2 amide bonds. The average molecular weight is 444 g/mol. The second kappa shape index (κ2) is 7.03. The molecule has 1 saturated heterocycles. The number of nitrogens with zero attached hydrogens (tertiary/aromatic N) is 3. The van der Waals surface area contributed by atoms with Crippen LogP contribution in [0.25, 0.3) is 0 Å². The van der Waals surface area contributed by atoms with Gasteiger partial charge in [0.2, 0.25) is 0 Å². The highest BCUT2D eigenvalue weighted by molar-refractivity contribution is 9.11. The number of β-lactam (4-membered cyclic amide) rings is 1. The summed E-state index contributed by atoms with van der Waals surface area (Å²) in [5.41, 5.74) is 5.64. The summed E-state index contributed by atoms with van der Waals surface area (Å²) in [6.07, 6.45) is 2.56. The summed E-state index contributed by atoms with van der Waals surface area (Å²) in [4.78, 5) is 46.1. The van der Waals surface area contributed by atoms with E-state index in [4.69, 9.17) is 10.6 Å². The standard InChI is InChI=1S/C14H14BrN5O5S/c1-25-19-9(8-10(15)26-14(16)18-8)11(21)17-7-5-3-2-4-6(13(23)24)20(5)12(7)22/h4-5,7H,2-3H2,1H3,(H2,16,18)(H,17,21)(H,23,24)/t5-,7-/m0/s1. The number of halogens is 1. The molecule has 26 heavy (non-hydrogen) atoms. The maximum absolute atomic E-state index is 12.6. The Kier molecular flexibility index (Phi) is 4.96. The van der Waals surface area contributed by atoms with E-state index in [-0.39, 0.29) is 22.2 Å². The number of allylic oxidation sites excluding steroid dienone is 1. The number of aromatic nitrogens is 1. The van der Waals surface area contributed by atoms with Crippen LogP contribution in [0, 0.1) is 0 Å². The van der Waals surface area contributed by atoms with E-state index in [1.807, 2.05) is 0 Å². The fraction of sp³-hybridized carbons (Fsp3) is 0.357. The number of hydrogen-bond donors (Lipinski definition) is 3. The quantitative estimate of drug-likeness (QED) is 0.336. The van der Waals surface area contributed by atoms with Gasteiger partial charge in [0, 0.05) is 0 Å². The Morgan fingerprint density at radius 2 is 2.31 bits per heavy atom. The molecule has 4 N–H and O–H groups in total. The summed E-state index contributed by atoms with van der Waals surface area (Å²) in [5, 5.41) is 15.7. The van der Waals surface area contributed by atoms with Crippen LogP contribution in [-0.4, -0.2) is 57.7 Å². The molecule has 1 fully saturated rings. The molecule has 1 aromatic rings. The van der Waals surface area contributed by atoms with Crippen LogP contribution in [0.4, 0.5) is 5.13 Å². The van der Waals surface area contributed by atoms with Crippen molar-refractivity contribution in [2.45, 2.75) is 24.9 Å². The molecule has 2 atom stereocenters. The van der Waals surface area contributed by atoms with Crippen molar-refractivity contribution >= 4 is 55.9 Å². The summed E-state index contributed by atoms with van der Waals surface area (Å²) in [6.45, 7) is 0. The van der Waals surface area contributed by atoms with Gasteiger partial charge < -0.3 is 21.0 Å². The topological polar surface area (TPSA) is 147 Å². The van der Waals surface area contributed by atoms with Gasteiger partial charge in [-0.2, -0.15) is 0 Å². The van der Waals surface area contributed by atoms with Crippen LogP contribution in [-0.2, 0) is 19.2 Å². The normalized spacial score (nSPS) is 22.2. The first-order valence-electron chi connectivity index (χ1n) is 7.45. The van der Waals surface area contributed by atoms with Crippen LogP contribution < -0.4 is 11.1 Å². The molecule has 0 radical (unpaired) electrons. The molecular weight excluding hydrogens is 430 g/mol. The van der Waals surface area contributed by atoms with Crippen molar-refractivity contribution in [3.63, 3.8) is 0 Å². The van der Waals surface area contributed by atoms with Gasteiger partial charge in [0.25, 0.3) is 11.8 Å². The first kappa shape index (κ1) is 18.3. The Bertz CT molecular complexity index is 851. The molecule has 0 aromatic carbocycles. The number of fused-ring (bicyclic) bond motifs is 1. The fourth-order valence-corrected chi connectivity index (χ4v) is 4.27. The van der Waals surface area contributed by atoms with E-state index in [1.165, 1.54) is 18.1 Å². The summed E-state index contributed by atoms with van der Waals surface area (Å²) < 4.78 is 0.497. The Labute approximate surface area is 159 Å². The molecule has 3 heterocycles. The summed E-state index contributed by atoms with van der Waals surface area (Å²) in [6, 6.07) is -1.24. The number of anilines is 1. The van der Waals surface area contributed by atoms with E-state index < -0.39 is 29.9 Å². The highest BCUT2D eigenvalue weighted by Gasteiger charge is 2.52. The van der Waals surface area contributed by atoms with Gasteiger partial charge in [0.15, 0.2) is 10.8 Å². The number of nitrogens with one attached hydrogen (secondary N) is 1. The number of aliphatic carboxylic acids is 1. The third-order valence-electron chi connectivity index (χ3n) is 4.01. The molecule has 1 aromatic heterocycles. The van der Waals surface area contributed by atoms with Crippen molar-refractivity contribution in [2.24, 2.45) is 5.16 Å². The predicted octanol–water partition coefficient (Wildman–Crippen LogP) is 0.296. The lowest BCUT2D eigenvalue weighted by molar-refractivity contribution is -0.155. The number of rotatable bonds is 5. The molecule has 138 valence electrons. The highest BCUT2D eigenvalue weighted by Crippen LogP contribution is 2.33. The van der Waals surface area contributed by atoms with Crippen LogP contribution in [0.2, 0.25) is 0 Å². The van der Waals surface area contributed by atoms with Gasteiger partial charge in [-0.3, -0.25) is 14.5 Å². The van der Waals surface area contributed by atoms with Crippen molar-refractivity contribution in [2.75, 3.05) is 12.8 Å². The van der Waals surface area contributed by atoms with Crippen molar-refractivity contribution in [3.8, 4) is 0 Å². The van der Waals surface area contributed by atoms with Crippen molar-refractivity contribution in [1.82, 2.24) is 15.2 Å². The number of oxime groups is 1. The van der Waals surface area contributed by atoms with Gasteiger partial charge in [-0.05, 0) is 28.8 Å². The van der Waals surface area contributed by atoms with Gasteiger partial charge in [-0.25, -0.2) is 9.78 Å². The number of nitrogen functional groups attached to an aromatic ring is 1. The number of nitrogens with two attached hydrogens (primary N) is 1. The number of thiazole rings is 1. The molecule has 12 heteroatoms. The van der Waals surface area contributed by atoms with Gasteiger partial charge in [-0.1, -0.05) is 22.6 Å². The Hall–Kier alpha value is -2.47. The van der Waals surface area contributed by atoms with Gasteiger partial charge in [0.1, 0.15) is 28.3 Å². The first-order chi connectivity index (χ1) is 12.3. The number of amides is 2. The molecule has 2 aliphatic rings. The molecule has 0 saturated carbocycles. The van der Waals surface area contributed by atoms with Crippen LogP contribution in [0.3, 0.4) is 0 Å². The van der Waals surface area contributed by atoms with E-state index in [1.54, 1.807) is 0 Å². The Balaban J connectivity index is 1.79. The second-order valence-electron chi connectivity index (χ2n) is 5.50. The van der Waals surface area contributed by atoms with E-state index in [0.29, 0.717) is 16.6 Å². The molecule has 0 unspecified atom stereocenters. The molecule has 0 aliphatic carbocycles. The number of carbonyl (C=O) groups is 3. The monoisotopic (exact) mass is 443 g/mol. The lowest BCUT2D eigenvalue weighted by Crippen LogP contribution is -2.71. The predicted molar refractivity (Wildman–Crippen MR) is 95.3 cm³/mol. The van der Waals surface area contributed by atoms with E-state index in [2.05, 4.69) is 31.4 Å². The number of carboxylic acid groups (broad SMARTS) is 1. The molecule has 10 nitrogen and oxygen atoms in total. The number of carboxylic acids is 1. The molecule has 3 rings (SSSR count). The van der Waals surface area contributed by atoms with Gasteiger partial charge in [0.05, 0.1) is 6.04 Å². The fourth-order valence-electron chi connectivity index (χ4n) is 2.93. The van der Waals surface area contributed by atoms with Crippen LogP contribution in [0.1, 0.15) is 18.5 Å². The minimum atomic E-state index is -1.17. The Morgan fingerprint density at radius 1 is 1.58 bits per heavy atom. The SMILES string of the molecule is CON=C(C(=O)N[C@@H]1C(=O)N2C(C(=O)O)=CCC[C@@H]12)c1nc(N)sc1Br. The minimum absolute atomic E-state index is 0.0578. The third-order valence-corrected chi connectivity index (χ3v) is 5.54. The van der Waals surface area contributed by atoms with Crippen LogP contribution in [0.15, 0.2) is 20.7 Å². The van der Waals surface area contributed by atoms with Crippen molar-refractivity contribution in [1.29, 1.82) is 0 Å².